The van der Waals surface area contributed by atoms with Crippen LogP contribution < -0.4 is 4.90 Å². The van der Waals surface area contributed by atoms with E-state index in [1.807, 2.05) is 0 Å². The molecule has 0 radical (unpaired) electrons. The molecule has 0 amide bonds. The minimum absolute atomic E-state index is 0.979. The molecule has 0 aromatic heterocycles. The maximum atomic E-state index is 2.55. The summed E-state index contributed by atoms with van der Waals surface area (Å²) in [7, 11) is 0. The van der Waals surface area contributed by atoms with Gasteiger partial charge in [-0.3, -0.25) is 0 Å². The molecule has 0 N–H and O–H groups in total. The lowest BCUT2D eigenvalue weighted by molar-refractivity contribution is 0.970. The van der Waals surface area contributed by atoms with Crippen LogP contribution in [0, 0.1) is 69.2 Å². The van der Waals surface area contributed by atoms with E-state index in [0.717, 1.165) is 6.54 Å². The van der Waals surface area contributed by atoms with Crippen molar-refractivity contribution in [3.8, 4) is 0 Å². The van der Waals surface area contributed by atoms with Gasteiger partial charge in [0.15, 0.2) is 0 Å². The predicted octanol–water partition coefficient (Wildman–Crippen LogP) is 6.93. The quantitative estimate of drug-likeness (QED) is 0.587. The van der Waals surface area contributed by atoms with Crippen LogP contribution >= 0.6 is 0 Å². The molecule has 0 heterocycles. The summed E-state index contributed by atoms with van der Waals surface area (Å²) in [5, 5.41) is 0. The van der Waals surface area contributed by atoms with E-state index in [4.69, 9.17) is 0 Å². The first kappa shape index (κ1) is 19.6. The second-order valence-corrected chi connectivity index (χ2v) is 7.69. The fraction of sp³-hybridized carbons (Fsp3) is 0.500. The molecule has 1 nitrogen and oxygen atoms in total. The van der Waals surface area contributed by atoms with Gasteiger partial charge >= 0.3 is 0 Å². The van der Waals surface area contributed by atoms with E-state index in [1.54, 1.807) is 0 Å². The van der Waals surface area contributed by atoms with Gasteiger partial charge in [-0.2, -0.15) is 0 Å². The molecule has 0 saturated heterocycles. The summed E-state index contributed by atoms with van der Waals surface area (Å²) in [6.07, 6.45) is 0. The molecule has 0 aliphatic rings. The van der Waals surface area contributed by atoms with Crippen molar-refractivity contribution >= 4 is 11.4 Å². The fourth-order valence-corrected chi connectivity index (χ4v) is 4.20. The lowest BCUT2D eigenvalue weighted by Crippen LogP contribution is -2.23. The third kappa shape index (κ3) is 2.88. The Morgan fingerprint density at radius 2 is 0.600 bits per heavy atom. The molecule has 2 aromatic rings. The van der Waals surface area contributed by atoms with Gasteiger partial charge in [-0.15, -0.1) is 0 Å². The maximum Gasteiger partial charge on any atom is 0.0475 e. The van der Waals surface area contributed by atoms with E-state index in [-0.39, 0.29) is 0 Å². The van der Waals surface area contributed by atoms with Crippen LogP contribution in [-0.2, 0) is 0 Å². The zero-order valence-electron chi connectivity index (χ0n) is 18.2. The Labute approximate surface area is 155 Å². The highest BCUT2D eigenvalue weighted by Crippen LogP contribution is 2.41. The Kier molecular flexibility index (Phi) is 5.37. The Bertz CT molecular complexity index is 713. The molecule has 0 fully saturated rings. The first-order valence-corrected chi connectivity index (χ1v) is 9.47. The SMILES string of the molecule is CCN(c1c(C)c(C)c(C)c(C)c1C)c1c(C)c(C)c(C)c(C)c1C. The second kappa shape index (κ2) is 6.86. The van der Waals surface area contributed by atoms with Gasteiger partial charge in [0.1, 0.15) is 0 Å². The van der Waals surface area contributed by atoms with Crippen LogP contribution in [0.15, 0.2) is 0 Å². The second-order valence-electron chi connectivity index (χ2n) is 7.69. The number of nitrogens with zero attached hydrogens (tertiary/aromatic N) is 1. The van der Waals surface area contributed by atoms with Crippen LogP contribution in [0.4, 0.5) is 11.4 Å². The van der Waals surface area contributed by atoms with E-state index in [2.05, 4.69) is 81.1 Å². The van der Waals surface area contributed by atoms with Gasteiger partial charge in [-0.25, -0.2) is 0 Å². The standard InChI is InChI=1S/C24H35N/c1-12-25(23-19(8)15(4)13(2)16(5)20(23)9)24-21(10)17(6)14(3)18(7)22(24)11/h12H2,1-11H3. The topological polar surface area (TPSA) is 3.24 Å². The summed E-state index contributed by atoms with van der Waals surface area (Å²) < 4.78 is 0. The minimum atomic E-state index is 0.979. The molecule has 0 saturated carbocycles. The molecule has 0 aliphatic carbocycles. The Hall–Kier alpha value is -1.76. The number of benzene rings is 2. The highest BCUT2D eigenvalue weighted by atomic mass is 15.1. The van der Waals surface area contributed by atoms with E-state index in [1.165, 1.54) is 67.0 Å². The van der Waals surface area contributed by atoms with Crippen molar-refractivity contribution in [2.24, 2.45) is 0 Å². The van der Waals surface area contributed by atoms with Crippen molar-refractivity contribution in [3.05, 3.63) is 55.6 Å². The van der Waals surface area contributed by atoms with Crippen LogP contribution in [0.1, 0.15) is 62.6 Å². The highest BCUT2D eigenvalue weighted by Gasteiger charge is 2.22. The zero-order chi connectivity index (χ0) is 19.2. The lowest BCUT2D eigenvalue weighted by Gasteiger charge is -2.34. The average Bonchev–Trinajstić information content (AvgIpc) is 2.60. The smallest absolute Gasteiger partial charge is 0.0475 e. The first-order valence-electron chi connectivity index (χ1n) is 9.47. The molecule has 2 rings (SSSR count). The van der Waals surface area contributed by atoms with Crippen LogP contribution in [0.2, 0.25) is 0 Å². The molecule has 25 heavy (non-hydrogen) atoms. The van der Waals surface area contributed by atoms with Gasteiger partial charge in [0, 0.05) is 17.9 Å². The lowest BCUT2D eigenvalue weighted by atomic mass is 9.89. The summed E-state index contributed by atoms with van der Waals surface area (Å²) >= 11 is 0. The normalized spacial score (nSPS) is 11.2. The van der Waals surface area contributed by atoms with Crippen LogP contribution in [0.25, 0.3) is 0 Å². The summed E-state index contributed by atoms with van der Waals surface area (Å²) in [6, 6.07) is 0. The van der Waals surface area contributed by atoms with E-state index in [0.29, 0.717) is 0 Å². The third-order valence-corrected chi connectivity index (χ3v) is 6.78. The fourth-order valence-electron chi connectivity index (χ4n) is 4.20. The van der Waals surface area contributed by atoms with Crippen LogP contribution in [-0.4, -0.2) is 6.54 Å². The summed E-state index contributed by atoms with van der Waals surface area (Å²) in [5.74, 6) is 0. The molecular weight excluding hydrogens is 302 g/mol. The van der Waals surface area contributed by atoms with Crippen LogP contribution in [0.3, 0.4) is 0 Å². The van der Waals surface area contributed by atoms with E-state index in [9.17, 15) is 0 Å². The monoisotopic (exact) mass is 337 g/mol. The van der Waals surface area contributed by atoms with Crippen molar-refractivity contribution in [2.75, 3.05) is 11.4 Å². The molecule has 2 aromatic carbocycles. The molecule has 0 atom stereocenters. The summed E-state index contributed by atoms with van der Waals surface area (Å²) in [6.45, 7) is 25.9. The third-order valence-electron chi connectivity index (χ3n) is 6.78. The largest absolute Gasteiger partial charge is 0.341 e. The first-order chi connectivity index (χ1) is 11.6. The van der Waals surface area contributed by atoms with Crippen molar-refractivity contribution in [2.45, 2.75) is 76.2 Å². The van der Waals surface area contributed by atoms with Crippen molar-refractivity contribution in [3.63, 3.8) is 0 Å². The van der Waals surface area contributed by atoms with Gasteiger partial charge < -0.3 is 4.90 Å². The molecule has 0 spiro atoms. The number of rotatable bonds is 3. The summed E-state index contributed by atoms with van der Waals surface area (Å²) in [5.41, 5.74) is 17.0. The number of anilines is 2. The van der Waals surface area contributed by atoms with Gasteiger partial charge in [-0.05, 0) is 132 Å². The molecule has 0 bridgehead atoms. The van der Waals surface area contributed by atoms with Crippen molar-refractivity contribution in [1.82, 2.24) is 0 Å². The van der Waals surface area contributed by atoms with Crippen LogP contribution in [0.5, 0.6) is 0 Å². The van der Waals surface area contributed by atoms with Gasteiger partial charge in [0.05, 0.1) is 0 Å². The van der Waals surface area contributed by atoms with E-state index < -0.39 is 0 Å². The zero-order valence-corrected chi connectivity index (χ0v) is 18.2. The highest BCUT2D eigenvalue weighted by molar-refractivity contribution is 5.78. The Morgan fingerprint density at radius 1 is 0.400 bits per heavy atom. The number of hydrogen-bond acceptors (Lipinski definition) is 1. The summed E-state index contributed by atoms with van der Waals surface area (Å²) in [4.78, 5) is 2.55. The number of hydrogen-bond donors (Lipinski definition) is 0. The molecule has 1 heteroatoms. The van der Waals surface area contributed by atoms with Gasteiger partial charge in [0.2, 0.25) is 0 Å². The molecule has 136 valence electrons. The van der Waals surface area contributed by atoms with Crippen molar-refractivity contribution in [1.29, 1.82) is 0 Å². The Balaban J connectivity index is 2.90. The van der Waals surface area contributed by atoms with Crippen molar-refractivity contribution < 1.29 is 0 Å². The van der Waals surface area contributed by atoms with Gasteiger partial charge in [-0.1, -0.05) is 0 Å². The van der Waals surface area contributed by atoms with Gasteiger partial charge in [0.25, 0.3) is 0 Å². The Morgan fingerprint density at radius 3 is 0.800 bits per heavy atom. The molecule has 0 aliphatic heterocycles. The average molecular weight is 338 g/mol. The minimum Gasteiger partial charge on any atom is -0.341 e. The molecular formula is C24H35N. The van der Waals surface area contributed by atoms with E-state index >= 15 is 0 Å². The maximum absolute atomic E-state index is 2.55. The predicted molar refractivity (Wildman–Crippen MR) is 113 cm³/mol. The molecule has 0 unspecified atom stereocenters.